The van der Waals surface area contributed by atoms with E-state index in [2.05, 4.69) is 49.6 Å². The van der Waals surface area contributed by atoms with Gasteiger partial charge in [-0.3, -0.25) is 0 Å². The zero-order chi connectivity index (χ0) is 47.7. The van der Waals surface area contributed by atoms with Gasteiger partial charge in [-0.1, -0.05) is 36.4 Å². The number of ether oxygens (including phenoxy) is 4. The van der Waals surface area contributed by atoms with Gasteiger partial charge in [0.05, 0.1) is 38.3 Å². The fourth-order valence-corrected chi connectivity index (χ4v) is 8.39. The van der Waals surface area contributed by atoms with Crippen LogP contribution >= 0.6 is 0 Å². The van der Waals surface area contributed by atoms with Crippen LogP contribution in [-0.2, 0) is 13.1 Å². The van der Waals surface area contributed by atoms with E-state index >= 15 is 0 Å². The van der Waals surface area contributed by atoms with E-state index < -0.39 is 12.7 Å². The molecule has 22 heteroatoms. The van der Waals surface area contributed by atoms with Gasteiger partial charge in [-0.2, -0.15) is 0 Å². The number of pyridine rings is 2. The maximum Gasteiger partial charge on any atom is 0.573 e. The molecule has 0 bridgehead atoms. The van der Waals surface area contributed by atoms with Crippen molar-refractivity contribution in [1.29, 1.82) is 0 Å². The Labute approximate surface area is 384 Å². The van der Waals surface area contributed by atoms with Crippen LogP contribution in [0.1, 0.15) is 71.7 Å². The third kappa shape index (κ3) is 9.70. The molecule has 0 radical (unpaired) electrons. The number of hydrogen-bond donors (Lipinski definition) is 0. The molecule has 0 saturated heterocycles. The molecule has 8 heterocycles. The quantitative estimate of drug-likeness (QED) is 0.120. The summed E-state index contributed by atoms with van der Waals surface area (Å²) in [5.41, 5.74) is 4.99. The summed E-state index contributed by atoms with van der Waals surface area (Å²) in [6.45, 7) is 5.01. The van der Waals surface area contributed by atoms with Crippen LogP contribution in [0.3, 0.4) is 0 Å². The molecule has 2 aliphatic rings. The number of methoxy groups -OCH3 is 2. The first-order valence-electron chi connectivity index (χ1n) is 21.4. The molecular weight excluding hydrogens is 899 g/mol. The lowest BCUT2D eigenvalue weighted by molar-refractivity contribution is -0.276. The molecule has 0 spiro atoms. The minimum Gasteiger partial charge on any atom is -0.479 e. The number of benzene rings is 2. The average Bonchev–Trinajstić information content (AvgIpc) is 4.15. The van der Waals surface area contributed by atoms with Gasteiger partial charge in [-0.05, 0) is 75.9 Å². The standard InChI is InChI=1S/2C23H21F3N6O2/c2*1-14-12-31(13-27-14)18-10-9-17(28-22(18)33-2)20-29-21-16(7-5-11-32(21)30-20)15-6-3-4-8-19(15)34-23(24,25)26/h2*3-4,6,8-10,12-13,16H,5,7,11H2,1-2H3/t2*16-/m10/s1. The number of para-hydroxylation sites is 2. The Kier molecular flexibility index (Phi) is 12.3. The third-order valence-corrected chi connectivity index (χ3v) is 11.3. The molecule has 8 aromatic rings. The van der Waals surface area contributed by atoms with Crippen molar-refractivity contribution in [1.82, 2.24) is 58.6 Å². The lowest BCUT2D eigenvalue weighted by atomic mass is 9.90. The summed E-state index contributed by atoms with van der Waals surface area (Å²) in [7, 11) is 3.05. The van der Waals surface area contributed by atoms with Crippen molar-refractivity contribution < 1.29 is 45.3 Å². The molecule has 10 rings (SSSR count). The van der Waals surface area contributed by atoms with Gasteiger partial charge in [0, 0.05) is 48.4 Å². The first-order chi connectivity index (χ1) is 32.6. The second kappa shape index (κ2) is 18.5. The Balaban J connectivity index is 0.000000170. The molecule has 6 aromatic heterocycles. The lowest BCUT2D eigenvalue weighted by Crippen LogP contribution is -2.21. The normalized spacial score (nSPS) is 15.7. The molecule has 0 unspecified atom stereocenters. The molecule has 2 aliphatic heterocycles. The second-order valence-corrected chi connectivity index (χ2v) is 15.9. The Hall–Kier alpha value is -7.78. The van der Waals surface area contributed by atoms with Gasteiger partial charge in [0.2, 0.25) is 11.8 Å². The molecule has 0 N–H and O–H groups in total. The van der Waals surface area contributed by atoms with Crippen molar-refractivity contribution in [3.05, 3.63) is 132 Å². The Bertz CT molecular complexity index is 2860. The van der Waals surface area contributed by atoms with Gasteiger partial charge in [-0.15, -0.1) is 36.5 Å². The maximum absolute atomic E-state index is 13.0. The summed E-state index contributed by atoms with van der Waals surface area (Å²) in [6, 6.07) is 19.6. The van der Waals surface area contributed by atoms with Crippen molar-refractivity contribution in [3.8, 4) is 57.7 Å². The van der Waals surface area contributed by atoms with Gasteiger partial charge >= 0.3 is 12.7 Å². The van der Waals surface area contributed by atoms with Crippen molar-refractivity contribution in [2.24, 2.45) is 0 Å². The predicted molar refractivity (Wildman–Crippen MR) is 232 cm³/mol. The highest BCUT2D eigenvalue weighted by atomic mass is 19.4. The molecular formula is C46H42F6N12O4. The minimum atomic E-state index is -4.78. The van der Waals surface area contributed by atoms with Crippen LogP contribution in [0, 0.1) is 13.8 Å². The maximum atomic E-state index is 13.0. The van der Waals surface area contributed by atoms with E-state index in [9.17, 15) is 26.3 Å². The van der Waals surface area contributed by atoms with Crippen LogP contribution in [-0.4, -0.2) is 85.5 Å². The fraction of sp³-hybridized carbons (Fsp3) is 0.304. The van der Waals surface area contributed by atoms with Crippen molar-refractivity contribution in [2.45, 2.75) is 77.2 Å². The zero-order valence-electron chi connectivity index (χ0n) is 36.9. The van der Waals surface area contributed by atoms with Crippen LogP contribution in [0.15, 0.2) is 97.8 Å². The molecule has 2 atom stereocenters. The second-order valence-electron chi connectivity index (χ2n) is 15.9. The Morgan fingerprint density at radius 3 is 1.32 bits per heavy atom. The molecule has 2 aromatic carbocycles. The average molecular weight is 941 g/mol. The smallest absolute Gasteiger partial charge is 0.479 e. The number of rotatable bonds is 10. The van der Waals surface area contributed by atoms with E-state index in [1.165, 1.54) is 38.5 Å². The lowest BCUT2D eigenvalue weighted by Gasteiger charge is -2.24. The number of imidazole rings is 2. The summed E-state index contributed by atoms with van der Waals surface area (Å²) in [4.78, 5) is 27.0. The summed E-state index contributed by atoms with van der Waals surface area (Å²) >= 11 is 0. The number of aromatic nitrogens is 12. The summed E-state index contributed by atoms with van der Waals surface area (Å²) in [5.74, 6) is 1.45. The van der Waals surface area contributed by atoms with E-state index in [0.717, 1.165) is 24.2 Å². The van der Waals surface area contributed by atoms with Gasteiger partial charge < -0.3 is 28.1 Å². The highest BCUT2D eigenvalue weighted by Crippen LogP contribution is 2.41. The monoisotopic (exact) mass is 940 g/mol. The molecule has 0 aliphatic carbocycles. The van der Waals surface area contributed by atoms with Gasteiger partial charge in [-0.25, -0.2) is 39.3 Å². The number of halogens is 6. The number of fused-ring (bicyclic) bond motifs is 2. The SMILES string of the molecule is COc1nc(-c2nc3n(n2)CCC[C@@H]3c2ccccc2OC(F)(F)F)ccc1-n1cnc(C)c1.COc1nc(-c2nc3n(n2)CCC[C@H]3c2ccccc2OC(F)(F)F)ccc1-n1cnc(C)c1. The number of hydrogen-bond acceptors (Lipinski definition) is 12. The van der Waals surface area contributed by atoms with E-state index in [-0.39, 0.29) is 23.3 Å². The zero-order valence-corrected chi connectivity index (χ0v) is 36.9. The van der Waals surface area contributed by atoms with Crippen LogP contribution < -0.4 is 18.9 Å². The van der Waals surface area contributed by atoms with Gasteiger partial charge in [0.1, 0.15) is 45.9 Å². The van der Waals surface area contributed by atoms with Gasteiger partial charge in [0.15, 0.2) is 11.6 Å². The van der Waals surface area contributed by atoms with E-state index in [4.69, 9.17) is 9.47 Å². The van der Waals surface area contributed by atoms with Crippen molar-refractivity contribution >= 4 is 0 Å². The summed E-state index contributed by atoms with van der Waals surface area (Å²) in [6.07, 6.45) is 0.264. The Morgan fingerprint density at radius 1 is 0.544 bits per heavy atom. The van der Waals surface area contributed by atoms with E-state index in [1.54, 1.807) is 58.4 Å². The molecule has 0 amide bonds. The van der Waals surface area contributed by atoms with Crippen molar-refractivity contribution in [3.63, 3.8) is 0 Å². The molecule has 16 nitrogen and oxygen atoms in total. The highest BCUT2D eigenvalue weighted by molar-refractivity contribution is 5.57. The summed E-state index contributed by atoms with van der Waals surface area (Å²) < 4.78 is 104. The first-order valence-corrected chi connectivity index (χ1v) is 21.4. The molecule has 352 valence electrons. The van der Waals surface area contributed by atoms with E-state index in [1.807, 2.05) is 47.5 Å². The van der Waals surface area contributed by atoms with Gasteiger partial charge in [0.25, 0.3) is 0 Å². The first kappa shape index (κ1) is 45.4. The molecule has 0 saturated carbocycles. The minimum absolute atomic E-state index is 0.224. The number of alkyl halides is 6. The third-order valence-electron chi connectivity index (χ3n) is 11.3. The fourth-order valence-electron chi connectivity index (χ4n) is 8.39. The van der Waals surface area contributed by atoms with Crippen molar-refractivity contribution in [2.75, 3.05) is 14.2 Å². The molecule has 68 heavy (non-hydrogen) atoms. The van der Waals surface area contributed by atoms with Crippen LogP contribution in [0.25, 0.3) is 34.4 Å². The highest BCUT2D eigenvalue weighted by Gasteiger charge is 2.37. The van der Waals surface area contributed by atoms with Crippen LogP contribution in [0.4, 0.5) is 26.3 Å². The Morgan fingerprint density at radius 2 is 0.956 bits per heavy atom. The largest absolute Gasteiger partial charge is 0.573 e. The van der Waals surface area contributed by atoms with Crippen LogP contribution in [0.5, 0.6) is 23.3 Å². The number of aryl methyl sites for hydroxylation is 4. The molecule has 0 fully saturated rings. The van der Waals surface area contributed by atoms with E-state index in [0.29, 0.717) is 94.9 Å². The number of nitrogens with zero attached hydrogens (tertiary/aromatic N) is 12. The predicted octanol–water partition coefficient (Wildman–Crippen LogP) is 9.33. The topological polar surface area (TPSA) is 160 Å². The van der Waals surface area contributed by atoms with Crippen LogP contribution in [0.2, 0.25) is 0 Å². The summed E-state index contributed by atoms with van der Waals surface area (Å²) in [5, 5.41) is 9.18.